The van der Waals surface area contributed by atoms with Crippen LogP contribution in [0.4, 0.5) is 0 Å². The molecule has 0 atom stereocenters. The Morgan fingerprint density at radius 3 is 2.27 bits per heavy atom. The third-order valence-electron chi connectivity index (χ3n) is 2.44. The van der Waals surface area contributed by atoms with Gasteiger partial charge < -0.3 is 14.2 Å². The predicted molar refractivity (Wildman–Crippen MR) is 55.3 cm³/mol. The Morgan fingerprint density at radius 2 is 1.87 bits per heavy atom. The number of Topliss-reactive ketones (excluding diaryl/α,β-unsaturated/α-hetero) is 1. The highest BCUT2D eigenvalue weighted by Crippen LogP contribution is 2.22. The summed E-state index contributed by atoms with van der Waals surface area (Å²) in [5, 5.41) is 0. The molecule has 0 aliphatic carbocycles. The van der Waals surface area contributed by atoms with Crippen LogP contribution in [0, 0.1) is 11.3 Å². The van der Waals surface area contributed by atoms with Crippen LogP contribution >= 0.6 is 0 Å². The SMILES string of the molecule is COC1OCC(CC(=O)C(C)(C)C)CO1. The van der Waals surface area contributed by atoms with Gasteiger partial charge in [-0.3, -0.25) is 4.79 Å². The van der Waals surface area contributed by atoms with Gasteiger partial charge in [-0.1, -0.05) is 20.8 Å². The zero-order valence-electron chi connectivity index (χ0n) is 9.91. The maximum Gasteiger partial charge on any atom is 0.271 e. The normalized spacial score (nSPS) is 27.7. The van der Waals surface area contributed by atoms with Gasteiger partial charge in [0.15, 0.2) is 0 Å². The Hall–Kier alpha value is -0.450. The number of rotatable bonds is 3. The minimum atomic E-state index is -0.564. The average Bonchev–Trinajstić information content (AvgIpc) is 2.17. The van der Waals surface area contributed by atoms with E-state index in [1.807, 2.05) is 20.8 Å². The van der Waals surface area contributed by atoms with E-state index in [0.717, 1.165) is 0 Å². The smallest absolute Gasteiger partial charge is 0.271 e. The molecule has 0 aromatic heterocycles. The van der Waals surface area contributed by atoms with Crippen LogP contribution in [0.1, 0.15) is 27.2 Å². The van der Waals surface area contributed by atoms with Crippen LogP contribution < -0.4 is 0 Å². The summed E-state index contributed by atoms with van der Waals surface area (Å²) in [6.45, 7) is 6.28. The largest absolute Gasteiger partial charge is 0.333 e. The van der Waals surface area contributed by atoms with E-state index in [1.54, 1.807) is 0 Å². The lowest BCUT2D eigenvalue weighted by molar-refractivity contribution is -0.312. The first-order valence-corrected chi connectivity index (χ1v) is 5.23. The molecule has 0 aromatic carbocycles. The van der Waals surface area contributed by atoms with Crippen molar-refractivity contribution in [2.75, 3.05) is 20.3 Å². The fourth-order valence-electron chi connectivity index (χ4n) is 1.35. The molecule has 15 heavy (non-hydrogen) atoms. The van der Waals surface area contributed by atoms with Gasteiger partial charge in [0.2, 0.25) is 0 Å². The quantitative estimate of drug-likeness (QED) is 0.718. The molecule has 0 spiro atoms. The average molecular weight is 216 g/mol. The third-order valence-corrected chi connectivity index (χ3v) is 2.44. The molecule has 1 aliphatic rings. The lowest BCUT2D eigenvalue weighted by Crippen LogP contribution is -2.35. The predicted octanol–water partition coefficient (Wildman–Crippen LogP) is 1.58. The van der Waals surface area contributed by atoms with Crippen LogP contribution in [0.5, 0.6) is 0 Å². The van der Waals surface area contributed by atoms with Crippen molar-refractivity contribution in [3.63, 3.8) is 0 Å². The van der Waals surface area contributed by atoms with Gasteiger partial charge in [-0.25, -0.2) is 0 Å². The third kappa shape index (κ3) is 3.89. The van der Waals surface area contributed by atoms with Gasteiger partial charge in [0.1, 0.15) is 5.78 Å². The monoisotopic (exact) mass is 216 g/mol. The Labute approximate surface area is 90.9 Å². The molecule has 1 rings (SSSR count). The molecule has 0 bridgehead atoms. The van der Waals surface area contributed by atoms with Gasteiger partial charge in [-0.05, 0) is 0 Å². The summed E-state index contributed by atoms with van der Waals surface area (Å²) >= 11 is 0. The Bertz CT molecular complexity index is 211. The minimum Gasteiger partial charge on any atom is -0.333 e. The second-order valence-electron chi connectivity index (χ2n) is 4.93. The van der Waals surface area contributed by atoms with Crippen LogP contribution in [0.2, 0.25) is 0 Å². The van der Waals surface area contributed by atoms with Crippen molar-refractivity contribution in [1.82, 2.24) is 0 Å². The molecular weight excluding hydrogens is 196 g/mol. The summed E-state index contributed by atoms with van der Waals surface area (Å²) in [5.41, 5.74) is -0.280. The van der Waals surface area contributed by atoms with E-state index >= 15 is 0 Å². The van der Waals surface area contributed by atoms with Crippen molar-refractivity contribution in [3.8, 4) is 0 Å². The number of carbonyl (C=O) groups is 1. The number of ketones is 1. The first-order chi connectivity index (χ1) is 6.93. The zero-order valence-corrected chi connectivity index (χ0v) is 9.91. The van der Waals surface area contributed by atoms with Crippen molar-refractivity contribution in [2.24, 2.45) is 11.3 Å². The zero-order chi connectivity index (χ0) is 11.5. The fourth-order valence-corrected chi connectivity index (χ4v) is 1.35. The fraction of sp³-hybridized carbons (Fsp3) is 0.909. The van der Waals surface area contributed by atoms with E-state index in [1.165, 1.54) is 7.11 Å². The summed E-state index contributed by atoms with van der Waals surface area (Å²) < 4.78 is 15.4. The maximum atomic E-state index is 11.7. The van der Waals surface area contributed by atoms with Crippen LogP contribution in [0.25, 0.3) is 0 Å². The second kappa shape index (κ2) is 5.05. The van der Waals surface area contributed by atoms with Crippen LogP contribution in [-0.4, -0.2) is 32.6 Å². The molecule has 1 fully saturated rings. The molecule has 0 aromatic rings. The second-order valence-corrected chi connectivity index (χ2v) is 4.93. The minimum absolute atomic E-state index is 0.156. The van der Waals surface area contributed by atoms with E-state index in [4.69, 9.17) is 14.2 Å². The Balaban J connectivity index is 2.33. The van der Waals surface area contributed by atoms with Crippen LogP contribution in [0.15, 0.2) is 0 Å². The van der Waals surface area contributed by atoms with Gasteiger partial charge in [0.05, 0.1) is 13.2 Å². The highest BCUT2D eigenvalue weighted by atomic mass is 16.8. The molecule has 0 unspecified atom stereocenters. The lowest BCUT2D eigenvalue weighted by Gasteiger charge is -2.29. The summed E-state index contributed by atoms with van der Waals surface area (Å²) in [6, 6.07) is 0. The first kappa shape index (κ1) is 12.6. The van der Waals surface area contributed by atoms with Crippen LogP contribution in [-0.2, 0) is 19.0 Å². The number of hydrogen-bond donors (Lipinski definition) is 0. The standard InChI is InChI=1S/C11H20O4/c1-11(2,3)9(12)5-8-6-14-10(13-4)15-7-8/h8,10H,5-7H2,1-4H3. The van der Waals surface area contributed by atoms with Gasteiger partial charge in [-0.15, -0.1) is 0 Å². The molecule has 1 saturated heterocycles. The number of methoxy groups -OCH3 is 1. The number of carbonyl (C=O) groups excluding carboxylic acids is 1. The molecule has 4 nitrogen and oxygen atoms in total. The topological polar surface area (TPSA) is 44.8 Å². The van der Waals surface area contributed by atoms with Crippen molar-refractivity contribution < 1.29 is 19.0 Å². The number of hydrogen-bond acceptors (Lipinski definition) is 4. The molecule has 0 amide bonds. The van der Waals surface area contributed by atoms with Crippen molar-refractivity contribution in [2.45, 2.75) is 33.7 Å². The maximum absolute atomic E-state index is 11.7. The van der Waals surface area contributed by atoms with E-state index < -0.39 is 6.48 Å². The Kier molecular flexibility index (Phi) is 4.25. The van der Waals surface area contributed by atoms with Gasteiger partial charge in [0.25, 0.3) is 6.48 Å². The highest BCUT2D eigenvalue weighted by Gasteiger charge is 2.28. The van der Waals surface area contributed by atoms with Crippen molar-refractivity contribution in [1.29, 1.82) is 0 Å². The van der Waals surface area contributed by atoms with Gasteiger partial charge in [0, 0.05) is 24.9 Å². The summed E-state index contributed by atoms with van der Waals surface area (Å²) in [4.78, 5) is 11.7. The van der Waals surface area contributed by atoms with E-state index in [0.29, 0.717) is 19.6 Å². The van der Waals surface area contributed by atoms with E-state index in [9.17, 15) is 4.79 Å². The summed E-state index contributed by atoms with van der Waals surface area (Å²) in [6.07, 6.45) is 0.514. The molecular formula is C11H20O4. The molecule has 0 N–H and O–H groups in total. The number of ether oxygens (including phenoxy) is 3. The van der Waals surface area contributed by atoms with Gasteiger partial charge >= 0.3 is 0 Å². The Morgan fingerprint density at radius 1 is 1.33 bits per heavy atom. The van der Waals surface area contributed by atoms with Gasteiger partial charge in [-0.2, -0.15) is 0 Å². The first-order valence-electron chi connectivity index (χ1n) is 5.23. The molecule has 4 heteroatoms. The van der Waals surface area contributed by atoms with E-state index in [2.05, 4.69) is 0 Å². The molecule has 0 radical (unpaired) electrons. The molecule has 0 saturated carbocycles. The van der Waals surface area contributed by atoms with Crippen molar-refractivity contribution >= 4 is 5.78 Å². The van der Waals surface area contributed by atoms with E-state index in [-0.39, 0.29) is 17.1 Å². The summed E-state index contributed by atoms with van der Waals surface area (Å²) in [5.74, 6) is 0.402. The molecule has 1 heterocycles. The summed E-state index contributed by atoms with van der Waals surface area (Å²) in [7, 11) is 1.53. The highest BCUT2D eigenvalue weighted by molar-refractivity contribution is 5.83. The van der Waals surface area contributed by atoms with Crippen molar-refractivity contribution in [3.05, 3.63) is 0 Å². The molecule has 88 valence electrons. The molecule has 1 aliphatic heterocycles. The lowest BCUT2D eigenvalue weighted by atomic mass is 9.85. The van der Waals surface area contributed by atoms with Crippen LogP contribution in [0.3, 0.4) is 0 Å².